The zero-order chi connectivity index (χ0) is 23.2. The third-order valence-corrected chi connectivity index (χ3v) is 5.59. The van der Waals surface area contributed by atoms with Crippen LogP contribution >= 0.6 is 8.03 Å². The first-order chi connectivity index (χ1) is 14.8. The van der Waals surface area contributed by atoms with Crippen molar-refractivity contribution in [1.29, 1.82) is 0 Å². The summed E-state index contributed by atoms with van der Waals surface area (Å²) in [7, 11) is 6.39. The maximum absolute atomic E-state index is 13.2. The Bertz CT molecular complexity index is 695. The number of benzene rings is 1. The number of aryl methyl sites for hydroxylation is 1. The number of ether oxygens (including phenoxy) is 3. The molecule has 1 aromatic carbocycles. The normalized spacial score (nSPS) is 15.0. The van der Waals surface area contributed by atoms with Crippen molar-refractivity contribution in [3.63, 3.8) is 0 Å². The summed E-state index contributed by atoms with van der Waals surface area (Å²) in [4.78, 5) is 13.2. The van der Waals surface area contributed by atoms with Gasteiger partial charge in [0.05, 0.1) is 18.3 Å². The summed E-state index contributed by atoms with van der Waals surface area (Å²) in [5.41, 5.74) is 2.38. The van der Waals surface area contributed by atoms with Crippen LogP contribution in [0.25, 0.3) is 0 Å². The number of allylic oxidation sites excluding steroid dienone is 2. The number of carbonyl (C=O) groups excluding carboxylic acids is 1. The minimum absolute atomic E-state index is 0.152. The Morgan fingerprint density at radius 3 is 2.65 bits per heavy atom. The van der Waals surface area contributed by atoms with Gasteiger partial charge in [0.2, 0.25) is 0 Å². The van der Waals surface area contributed by atoms with E-state index >= 15 is 0 Å². The molecule has 0 spiro atoms. The summed E-state index contributed by atoms with van der Waals surface area (Å²) in [6, 6.07) is 5.78. The minimum Gasteiger partial charge on any atom is -0.459 e. The molecular weight excluding hydrogens is 410 g/mol. The second-order valence-corrected chi connectivity index (χ2v) is 9.00. The number of rotatable bonds is 16. The maximum Gasteiger partial charge on any atom is 0.338 e. The van der Waals surface area contributed by atoms with E-state index in [9.17, 15) is 4.79 Å². The molecule has 0 bridgehead atoms. The molecule has 0 aliphatic carbocycles. The molecule has 0 heterocycles. The Balaban J connectivity index is 3.04. The molecule has 4 atom stereocenters. The second kappa shape index (κ2) is 15.4. The molecule has 2 unspecified atom stereocenters. The third-order valence-electron chi connectivity index (χ3n) is 5.00. The average molecular weight is 446 g/mol. The Labute approximate surface area is 190 Å². The summed E-state index contributed by atoms with van der Waals surface area (Å²) < 4.78 is 22.6. The van der Waals surface area contributed by atoms with Crippen molar-refractivity contribution >= 4 is 21.6 Å². The fraction of sp³-hybridized carbons (Fsp3) is 0.542. The topological polar surface area (TPSA) is 54.0 Å². The van der Waals surface area contributed by atoms with Gasteiger partial charge in [-0.25, -0.2) is 4.79 Å². The summed E-state index contributed by atoms with van der Waals surface area (Å²) in [6.07, 6.45) is 5.57. The maximum atomic E-state index is 13.2. The molecule has 0 amide bonds. The van der Waals surface area contributed by atoms with Crippen LogP contribution in [-0.2, 0) is 25.2 Å². The van der Waals surface area contributed by atoms with E-state index in [0.717, 1.165) is 17.5 Å². The zero-order valence-corrected chi connectivity index (χ0v) is 20.2. The van der Waals surface area contributed by atoms with E-state index in [4.69, 9.17) is 26.3 Å². The molecule has 0 fully saturated rings. The van der Waals surface area contributed by atoms with Crippen LogP contribution in [-0.4, -0.2) is 52.9 Å². The quantitative estimate of drug-likeness (QED) is 0.113. The second-order valence-electron chi connectivity index (χ2n) is 7.65. The molecule has 1 rings (SSSR count). The molecule has 0 saturated carbocycles. The van der Waals surface area contributed by atoms with Crippen LogP contribution in [0.1, 0.15) is 47.7 Å². The van der Waals surface area contributed by atoms with E-state index in [1.165, 1.54) is 0 Å². The van der Waals surface area contributed by atoms with E-state index in [1.54, 1.807) is 13.2 Å². The van der Waals surface area contributed by atoms with Crippen molar-refractivity contribution in [1.82, 2.24) is 0 Å². The lowest BCUT2D eigenvalue weighted by atomic mass is 9.94. The Hall–Kier alpha value is -1.46. The van der Waals surface area contributed by atoms with Crippen LogP contribution in [0, 0.1) is 12.8 Å². The first-order valence-corrected chi connectivity index (χ1v) is 12.3. The van der Waals surface area contributed by atoms with Crippen molar-refractivity contribution in [2.24, 2.45) is 5.92 Å². The molecular formula is C24H36BO5P. The molecule has 0 saturated heterocycles. The van der Waals surface area contributed by atoms with Crippen LogP contribution in [0.5, 0.6) is 0 Å². The van der Waals surface area contributed by atoms with Crippen molar-refractivity contribution in [2.75, 3.05) is 27.2 Å². The van der Waals surface area contributed by atoms with E-state index in [1.807, 2.05) is 37.9 Å². The van der Waals surface area contributed by atoms with E-state index in [-0.39, 0.29) is 30.9 Å². The molecule has 1 aromatic rings. The van der Waals surface area contributed by atoms with Crippen LogP contribution in [0.3, 0.4) is 0 Å². The molecule has 0 N–H and O–H groups in total. The highest BCUT2D eigenvalue weighted by Crippen LogP contribution is 2.27. The van der Waals surface area contributed by atoms with Gasteiger partial charge < -0.3 is 18.7 Å². The molecule has 7 heteroatoms. The molecule has 0 aromatic heterocycles. The van der Waals surface area contributed by atoms with Gasteiger partial charge >= 0.3 is 5.97 Å². The predicted molar refractivity (Wildman–Crippen MR) is 129 cm³/mol. The molecule has 5 nitrogen and oxygen atoms in total. The monoisotopic (exact) mass is 446 g/mol. The smallest absolute Gasteiger partial charge is 0.338 e. The van der Waals surface area contributed by atoms with Gasteiger partial charge in [-0.2, -0.15) is 0 Å². The van der Waals surface area contributed by atoms with Crippen LogP contribution < -0.4 is 0 Å². The lowest BCUT2D eigenvalue weighted by Crippen LogP contribution is -2.31. The highest BCUT2D eigenvalue weighted by molar-refractivity contribution is 7.77. The van der Waals surface area contributed by atoms with Gasteiger partial charge in [0.1, 0.15) is 20.5 Å². The van der Waals surface area contributed by atoms with Crippen molar-refractivity contribution < 1.29 is 23.5 Å². The van der Waals surface area contributed by atoms with Gasteiger partial charge in [-0.3, -0.25) is 0 Å². The number of hydrogen-bond donors (Lipinski definition) is 0. The first kappa shape index (κ1) is 27.6. The SMILES string of the molecule is [B]P(C)OCCC(C[C@@H](OCOC)[C@@H](C)CC=C)OC(=O)c1c(C)cccc1CC=C. The average Bonchev–Trinajstić information content (AvgIpc) is 2.71. The van der Waals surface area contributed by atoms with Crippen molar-refractivity contribution in [2.45, 2.75) is 51.7 Å². The van der Waals surface area contributed by atoms with Gasteiger partial charge in [-0.15, -0.1) is 13.2 Å². The fourth-order valence-electron chi connectivity index (χ4n) is 3.40. The molecule has 0 aliphatic rings. The largest absolute Gasteiger partial charge is 0.459 e. The molecule has 170 valence electrons. The summed E-state index contributed by atoms with van der Waals surface area (Å²) >= 11 is 0. The number of esters is 1. The number of hydrogen-bond acceptors (Lipinski definition) is 5. The lowest BCUT2D eigenvalue weighted by molar-refractivity contribution is -0.103. The fourth-order valence-corrected chi connectivity index (χ4v) is 3.80. The van der Waals surface area contributed by atoms with E-state index < -0.39 is 8.03 Å². The van der Waals surface area contributed by atoms with Crippen LogP contribution in [0.4, 0.5) is 0 Å². The molecule has 2 radical (unpaired) electrons. The molecule has 0 aliphatic heterocycles. The molecule has 31 heavy (non-hydrogen) atoms. The number of carbonyl (C=O) groups is 1. The van der Waals surface area contributed by atoms with E-state index in [0.29, 0.717) is 31.4 Å². The van der Waals surface area contributed by atoms with Gasteiger partial charge in [0.25, 0.3) is 0 Å². The number of methoxy groups -OCH3 is 1. The van der Waals surface area contributed by atoms with Gasteiger partial charge in [-0.05, 0) is 51.5 Å². The van der Waals surface area contributed by atoms with Crippen LogP contribution in [0.2, 0.25) is 0 Å². The van der Waals surface area contributed by atoms with Crippen molar-refractivity contribution in [3.8, 4) is 0 Å². The zero-order valence-electron chi connectivity index (χ0n) is 19.3. The van der Waals surface area contributed by atoms with Crippen LogP contribution in [0.15, 0.2) is 43.5 Å². The Morgan fingerprint density at radius 2 is 2.03 bits per heavy atom. The Kier molecular flexibility index (Phi) is 13.7. The predicted octanol–water partition coefficient (Wildman–Crippen LogP) is 5.36. The standard InChI is InChI=1S/C24H36BO5P/c1-7-10-18(3)22(28-17-27-5)16-21(14-15-29-31(6)25)30-24(26)23-19(4)12-9-13-20(23)11-8-2/h7-9,12-13,18,21-22H,1-2,10-11,14-17H2,3-6H3/t18-,21?,22+,31?/m0/s1. The highest BCUT2D eigenvalue weighted by Gasteiger charge is 2.26. The first-order valence-electron chi connectivity index (χ1n) is 10.6. The summed E-state index contributed by atoms with van der Waals surface area (Å²) in [5.74, 6) is -0.143. The highest BCUT2D eigenvalue weighted by atomic mass is 31.1. The third kappa shape index (κ3) is 10.1. The minimum atomic E-state index is -0.974. The Morgan fingerprint density at radius 1 is 1.29 bits per heavy atom. The van der Waals surface area contributed by atoms with Gasteiger partial charge in [0.15, 0.2) is 0 Å². The summed E-state index contributed by atoms with van der Waals surface area (Å²) in [6.45, 7) is 14.0. The van der Waals surface area contributed by atoms with E-state index in [2.05, 4.69) is 20.1 Å². The summed E-state index contributed by atoms with van der Waals surface area (Å²) in [5, 5.41) is 0. The van der Waals surface area contributed by atoms with Gasteiger partial charge in [-0.1, -0.05) is 37.3 Å². The van der Waals surface area contributed by atoms with Crippen molar-refractivity contribution in [3.05, 3.63) is 60.2 Å². The van der Waals surface area contributed by atoms with Gasteiger partial charge in [0, 0.05) is 20.0 Å². The lowest BCUT2D eigenvalue weighted by Gasteiger charge is -2.28.